The number of nitrogens with zero attached hydrogens (tertiary/aromatic N) is 3. The van der Waals surface area contributed by atoms with Gasteiger partial charge in [0.25, 0.3) is 0 Å². The van der Waals surface area contributed by atoms with Gasteiger partial charge in [-0.15, -0.1) is 0 Å². The molecule has 116 valence electrons. The summed E-state index contributed by atoms with van der Waals surface area (Å²) in [4.78, 5) is 18.6. The predicted molar refractivity (Wildman–Crippen MR) is 78.8 cm³/mol. The molecule has 1 aliphatic heterocycles. The summed E-state index contributed by atoms with van der Waals surface area (Å²) in [6.45, 7) is 6.14. The van der Waals surface area contributed by atoms with Crippen molar-refractivity contribution in [2.24, 2.45) is 0 Å². The molecular weight excluding hydrogens is 268 g/mol. The van der Waals surface area contributed by atoms with Crippen molar-refractivity contribution in [3.8, 4) is 0 Å². The Balaban J connectivity index is 1.59. The van der Waals surface area contributed by atoms with Gasteiger partial charge in [0, 0.05) is 30.4 Å². The summed E-state index contributed by atoms with van der Waals surface area (Å²) in [5.41, 5.74) is 4.16. The fraction of sp³-hybridized carbons (Fsp3) is 0.733. The van der Waals surface area contributed by atoms with Crippen LogP contribution in [-0.4, -0.2) is 40.4 Å². The van der Waals surface area contributed by atoms with E-state index in [0.717, 1.165) is 25.9 Å². The molecule has 21 heavy (non-hydrogen) atoms. The van der Waals surface area contributed by atoms with Gasteiger partial charge in [-0.3, -0.25) is 9.52 Å². The lowest BCUT2D eigenvalue weighted by Gasteiger charge is -2.33. The zero-order valence-corrected chi connectivity index (χ0v) is 12.8. The van der Waals surface area contributed by atoms with Crippen LogP contribution < -0.4 is 5.48 Å². The van der Waals surface area contributed by atoms with E-state index in [4.69, 9.17) is 4.84 Å². The third kappa shape index (κ3) is 2.90. The Morgan fingerprint density at radius 3 is 2.81 bits per heavy atom. The SMILES string of the molecule is CCONC(=O)N1CCC(n2nccc2C2(C)CC2)CC1. The van der Waals surface area contributed by atoms with Crippen molar-refractivity contribution in [1.29, 1.82) is 0 Å². The van der Waals surface area contributed by atoms with Gasteiger partial charge < -0.3 is 4.90 Å². The number of hydrogen-bond acceptors (Lipinski definition) is 3. The van der Waals surface area contributed by atoms with Crippen LogP contribution in [0.1, 0.15) is 51.3 Å². The van der Waals surface area contributed by atoms with E-state index in [9.17, 15) is 4.79 Å². The maximum Gasteiger partial charge on any atom is 0.341 e. The standard InChI is InChI=1S/C15H24N4O2/c1-3-21-17-14(20)18-10-5-12(6-11-18)19-13(4-9-16-19)15(2)7-8-15/h4,9,12H,3,5-8,10-11H2,1-2H3,(H,17,20). The second-order valence-electron chi connectivity index (χ2n) is 6.28. The summed E-state index contributed by atoms with van der Waals surface area (Å²) in [6.07, 6.45) is 6.32. The van der Waals surface area contributed by atoms with E-state index in [1.165, 1.54) is 18.5 Å². The summed E-state index contributed by atoms with van der Waals surface area (Å²) in [6, 6.07) is 2.43. The molecule has 6 heteroatoms. The van der Waals surface area contributed by atoms with Gasteiger partial charge in [-0.25, -0.2) is 10.3 Å². The van der Waals surface area contributed by atoms with Crippen molar-refractivity contribution in [2.45, 2.75) is 51.0 Å². The van der Waals surface area contributed by atoms with Gasteiger partial charge in [0.15, 0.2) is 0 Å². The minimum Gasteiger partial charge on any atom is -0.323 e. The fourth-order valence-electron chi connectivity index (χ4n) is 3.04. The smallest absolute Gasteiger partial charge is 0.323 e. The molecule has 1 aromatic heterocycles. The first-order valence-corrected chi connectivity index (χ1v) is 7.85. The first kappa shape index (κ1) is 14.4. The molecular formula is C15H24N4O2. The van der Waals surface area contributed by atoms with E-state index in [2.05, 4.69) is 28.3 Å². The van der Waals surface area contributed by atoms with Gasteiger partial charge in [0.1, 0.15) is 0 Å². The third-order valence-corrected chi connectivity index (χ3v) is 4.69. The summed E-state index contributed by atoms with van der Waals surface area (Å²) < 4.78 is 2.20. The fourth-order valence-corrected chi connectivity index (χ4v) is 3.04. The van der Waals surface area contributed by atoms with Gasteiger partial charge in [0.2, 0.25) is 0 Å². The maximum absolute atomic E-state index is 11.9. The normalized spacial score (nSPS) is 21.3. The van der Waals surface area contributed by atoms with Crippen molar-refractivity contribution in [1.82, 2.24) is 20.2 Å². The predicted octanol–water partition coefficient (Wildman–Crippen LogP) is 2.23. The van der Waals surface area contributed by atoms with Gasteiger partial charge in [0.05, 0.1) is 12.6 Å². The highest BCUT2D eigenvalue weighted by atomic mass is 16.7. The molecule has 1 aliphatic carbocycles. The number of rotatable bonds is 4. The van der Waals surface area contributed by atoms with E-state index in [1.807, 2.05) is 18.0 Å². The minimum atomic E-state index is -0.134. The Bertz CT molecular complexity index is 502. The molecule has 2 fully saturated rings. The van der Waals surface area contributed by atoms with Crippen molar-refractivity contribution < 1.29 is 9.63 Å². The lowest BCUT2D eigenvalue weighted by Crippen LogP contribution is -2.45. The molecule has 1 aromatic rings. The average molecular weight is 292 g/mol. The number of nitrogens with one attached hydrogen (secondary N) is 1. The number of hydrogen-bond donors (Lipinski definition) is 1. The van der Waals surface area contributed by atoms with E-state index in [0.29, 0.717) is 18.1 Å². The van der Waals surface area contributed by atoms with Crippen molar-refractivity contribution in [2.75, 3.05) is 19.7 Å². The van der Waals surface area contributed by atoms with Crippen LogP contribution in [0.25, 0.3) is 0 Å². The summed E-state index contributed by atoms with van der Waals surface area (Å²) >= 11 is 0. The van der Waals surface area contributed by atoms with Gasteiger partial charge in [-0.2, -0.15) is 5.10 Å². The molecule has 0 atom stereocenters. The molecule has 6 nitrogen and oxygen atoms in total. The Hall–Kier alpha value is -1.56. The molecule has 2 aliphatic rings. The molecule has 3 rings (SSSR count). The van der Waals surface area contributed by atoms with Crippen LogP contribution in [0.5, 0.6) is 0 Å². The second-order valence-corrected chi connectivity index (χ2v) is 6.28. The number of aromatic nitrogens is 2. The van der Waals surface area contributed by atoms with Crippen LogP contribution in [0.4, 0.5) is 4.79 Å². The van der Waals surface area contributed by atoms with Crippen LogP contribution in [-0.2, 0) is 10.3 Å². The first-order valence-electron chi connectivity index (χ1n) is 7.85. The molecule has 1 saturated carbocycles. The van der Waals surface area contributed by atoms with E-state index >= 15 is 0 Å². The van der Waals surface area contributed by atoms with Crippen molar-refractivity contribution in [3.05, 3.63) is 18.0 Å². The number of piperidine rings is 1. The Morgan fingerprint density at radius 1 is 1.48 bits per heavy atom. The molecule has 0 unspecified atom stereocenters. The summed E-state index contributed by atoms with van der Waals surface area (Å²) in [5.74, 6) is 0. The lowest BCUT2D eigenvalue weighted by atomic mass is 10.0. The lowest BCUT2D eigenvalue weighted by molar-refractivity contribution is 0.0507. The second kappa shape index (κ2) is 5.67. The van der Waals surface area contributed by atoms with Gasteiger partial charge in [-0.1, -0.05) is 6.92 Å². The Kier molecular flexibility index (Phi) is 3.89. The third-order valence-electron chi connectivity index (χ3n) is 4.69. The molecule has 1 N–H and O–H groups in total. The number of amides is 2. The highest BCUT2D eigenvalue weighted by Crippen LogP contribution is 2.48. The topological polar surface area (TPSA) is 59.4 Å². The highest BCUT2D eigenvalue weighted by molar-refractivity contribution is 5.73. The molecule has 0 spiro atoms. The van der Waals surface area contributed by atoms with E-state index in [-0.39, 0.29) is 6.03 Å². The molecule has 1 saturated heterocycles. The number of carbonyl (C=O) groups excluding carboxylic acids is 1. The molecule has 0 aromatic carbocycles. The minimum absolute atomic E-state index is 0.134. The van der Waals surface area contributed by atoms with Crippen LogP contribution >= 0.6 is 0 Å². The zero-order chi connectivity index (χ0) is 14.9. The number of hydroxylamine groups is 1. The molecule has 0 radical (unpaired) electrons. The maximum atomic E-state index is 11.9. The monoisotopic (exact) mass is 292 g/mol. The first-order chi connectivity index (χ1) is 10.1. The van der Waals surface area contributed by atoms with Crippen LogP contribution in [0.3, 0.4) is 0 Å². The van der Waals surface area contributed by atoms with Gasteiger partial charge in [-0.05, 0) is 38.7 Å². The number of likely N-dealkylation sites (tertiary alicyclic amines) is 1. The van der Waals surface area contributed by atoms with Crippen LogP contribution in [0.15, 0.2) is 12.3 Å². The van der Waals surface area contributed by atoms with E-state index in [1.54, 1.807) is 0 Å². The summed E-state index contributed by atoms with van der Waals surface area (Å²) in [7, 11) is 0. The Labute approximate surface area is 125 Å². The van der Waals surface area contributed by atoms with E-state index < -0.39 is 0 Å². The van der Waals surface area contributed by atoms with Crippen molar-refractivity contribution >= 4 is 6.03 Å². The number of urea groups is 1. The quantitative estimate of drug-likeness (QED) is 0.866. The molecule has 0 bridgehead atoms. The van der Waals surface area contributed by atoms with Crippen LogP contribution in [0, 0.1) is 0 Å². The average Bonchev–Trinajstić information content (AvgIpc) is 3.05. The van der Waals surface area contributed by atoms with Crippen LogP contribution in [0.2, 0.25) is 0 Å². The number of carbonyl (C=O) groups is 1. The zero-order valence-electron chi connectivity index (χ0n) is 12.8. The highest BCUT2D eigenvalue weighted by Gasteiger charge is 2.42. The molecule has 2 amide bonds. The summed E-state index contributed by atoms with van der Waals surface area (Å²) in [5, 5.41) is 4.54. The molecule has 2 heterocycles. The largest absolute Gasteiger partial charge is 0.341 e. The Morgan fingerprint density at radius 2 is 2.19 bits per heavy atom. The van der Waals surface area contributed by atoms with Crippen molar-refractivity contribution in [3.63, 3.8) is 0 Å². The van der Waals surface area contributed by atoms with Gasteiger partial charge >= 0.3 is 6.03 Å².